The summed E-state index contributed by atoms with van der Waals surface area (Å²) in [5.41, 5.74) is 8.06. The second-order valence-corrected chi connectivity index (χ2v) is 7.22. The van der Waals surface area contributed by atoms with Gasteiger partial charge in [-0.2, -0.15) is 0 Å². The van der Waals surface area contributed by atoms with E-state index in [9.17, 15) is 9.18 Å². The van der Waals surface area contributed by atoms with Crippen LogP contribution in [0.5, 0.6) is 5.75 Å². The normalized spacial score (nSPS) is 16.4. The Morgan fingerprint density at radius 2 is 2.04 bits per heavy atom. The monoisotopic (exact) mass is 342 g/mol. The molecule has 0 fully saturated rings. The van der Waals surface area contributed by atoms with Crippen LogP contribution in [-0.2, 0) is 17.8 Å². The molecule has 0 aliphatic carbocycles. The first kappa shape index (κ1) is 17.4. The fraction of sp³-hybridized carbons (Fsp3) is 0.350. The fourth-order valence-electron chi connectivity index (χ4n) is 3.48. The molecular weight excluding hydrogens is 319 g/mol. The standard InChI is InChI=1S/C20H23FN2O2/c1-20(2)11-14-7-4-8-15(18(14)25-20)12-23(3)17(19(22)24)13-6-5-9-16(21)10-13/h4-10,17H,11-12H2,1-3H3,(H2,22,24)/t17-/m0/s1. The number of nitrogens with two attached hydrogens (primary N) is 1. The van der Waals surface area contributed by atoms with E-state index in [1.165, 1.54) is 12.1 Å². The van der Waals surface area contributed by atoms with E-state index in [4.69, 9.17) is 10.5 Å². The molecule has 1 atom stereocenters. The molecule has 132 valence electrons. The molecule has 1 heterocycles. The van der Waals surface area contributed by atoms with Gasteiger partial charge in [0, 0.05) is 18.5 Å². The van der Waals surface area contributed by atoms with Crippen LogP contribution in [0.3, 0.4) is 0 Å². The number of para-hydroxylation sites is 1. The average Bonchev–Trinajstić information content (AvgIpc) is 2.82. The average molecular weight is 342 g/mol. The van der Waals surface area contributed by atoms with Crippen LogP contribution in [0.4, 0.5) is 4.39 Å². The van der Waals surface area contributed by atoms with Gasteiger partial charge < -0.3 is 10.5 Å². The Bertz CT molecular complexity index is 804. The predicted octanol–water partition coefficient (Wildman–Crippen LogP) is 3.20. The minimum atomic E-state index is -0.707. The van der Waals surface area contributed by atoms with E-state index < -0.39 is 11.9 Å². The number of fused-ring (bicyclic) bond motifs is 1. The zero-order chi connectivity index (χ0) is 18.2. The maximum absolute atomic E-state index is 13.6. The molecule has 0 saturated carbocycles. The van der Waals surface area contributed by atoms with Gasteiger partial charge in [0.05, 0.1) is 0 Å². The van der Waals surface area contributed by atoms with Crippen molar-refractivity contribution in [2.45, 2.75) is 38.5 Å². The molecule has 0 spiro atoms. The lowest BCUT2D eigenvalue weighted by molar-refractivity contribution is -0.123. The van der Waals surface area contributed by atoms with Crippen molar-refractivity contribution in [2.75, 3.05) is 7.05 Å². The maximum atomic E-state index is 13.6. The number of ether oxygens (including phenoxy) is 1. The summed E-state index contributed by atoms with van der Waals surface area (Å²) in [5, 5.41) is 0. The predicted molar refractivity (Wildman–Crippen MR) is 94.7 cm³/mol. The molecule has 2 N–H and O–H groups in total. The Balaban J connectivity index is 1.88. The number of benzene rings is 2. The number of primary amides is 1. The van der Waals surface area contributed by atoms with Crippen molar-refractivity contribution in [3.63, 3.8) is 0 Å². The van der Waals surface area contributed by atoms with Crippen LogP contribution in [-0.4, -0.2) is 23.5 Å². The van der Waals surface area contributed by atoms with Crippen LogP contribution in [0.2, 0.25) is 0 Å². The van der Waals surface area contributed by atoms with Gasteiger partial charge in [0.2, 0.25) is 5.91 Å². The van der Waals surface area contributed by atoms with Crippen LogP contribution in [0.15, 0.2) is 42.5 Å². The minimum absolute atomic E-state index is 0.233. The summed E-state index contributed by atoms with van der Waals surface area (Å²) in [6.07, 6.45) is 0.850. The summed E-state index contributed by atoms with van der Waals surface area (Å²) in [5.74, 6) is -0.0217. The molecular formula is C20H23FN2O2. The van der Waals surface area contributed by atoms with Crippen molar-refractivity contribution in [1.29, 1.82) is 0 Å². The van der Waals surface area contributed by atoms with E-state index in [1.54, 1.807) is 19.2 Å². The molecule has 2 aromatic carbocycles. The smallest absolute Gasteiger partial charge is 0.239 e. The largest absolute Gasteiger partial charge is 0.487 e. The van der Waals surface area contributed by atoms with Crippen LogP contribution in [0, 0.1) is 5.82 Å². The van der Waals surface area contributed by atoms with Gasteiger partial charge in [0.1, 0.15) is 23.2 Å². The van der Waals surface area contributed by atoms with Gasteiger partial charge in [-0.25, -0.2) is 4.39 Å². The maximum Gasteiger partial charge on any atom is 0.239 e. The topological polar surface area (TPSA) is 55.6 Å². The van der Waals surface area contributed by atoms with Crippen LogP contribution in [0.1, 0.15) is 36.6 Å². The van der Waals surface area contributed by atoms with Gasteiger partial charge in [-0.15, -0.1) is 0 Å². The van der Waals surface area contributed by atoms with E-state index >= 15 is 0 Å². The fourth-order valence-corrected chi connectivity index (χ4v) is 3.48. The second kappa shape index (κ2) is 6.48. The van der Waals surface area contributed by atoms with E-state index in [2.05, 4.69) is 19.9 Å². The molecule has 3 rings (SSSR count). The van der Waals surface area contributed by atoms with Crippen molar-refractivity contribution in [2.24, 2.45) is 5.73 Å². The SMILES string of the molecule is CN(Cc1cccc2c1OC(C)(C)C2)[C@H](C(N)=O)c1cccc(F)c1. The molecule has 0 saturated heterocycles. The summed E-state index contributed by atoms with van der Waals surface area (Å²) >= 11 is 0. The molecule has 1 aliphatic rings. The number of amides is 1. The Morgan fingerprint density at radius 1 is 1.32 bits per heavy atom. The summed E-state index contributed by atoms with van der Waals surface area (Å²) in [7, 11) is 1.81. The number of likely N-dealkylation sites (N-methyl/N-ethyl adjacent to an activating group) is 1. The summed E-state index contributed by atoms with van der Waals surface area (Å²) in [4.78, 5) is 13.8. The highest BCUT2D eigenvalue weighted by Crippen LogP contribution is 2.38. The molecule has 0 radical (unpaired) electrons. The molecule has 1 aliphatic heterocycles. The highest BCUT2D eigenvalue weighted by atomic mass is 19.1. The quantitative estimate of drug-likeness (QED) is 0.908. The molecule has 2 aromatic rings. The van der Waals surface area contributed by atoms with Crippen molar-refractivity contribution < 1.29 is 13.9 Å². The number of carbonyl (C=O) groups is 1. The third-order valence-electron chi connectivity index (χ3n) is 4.47. The Morgan fingerprint density at radius 3 is 2.72 bits per heavy atom. The number of hydrogen-bond acceptors (Lipinski definition) is 3. The molecule has 4 nitrogen and oxygen atoms in total. The lowest BCUT2D eigenvalue weighted by atomic mass is 10.00. The zero-order valence-corrected chi connectivity index (χ0v) is 14.8. The molecule has 0 aromatic heterocycles. The molecule has 1 amide bonds. The summed E-state index contributed by atoms with van der Waals surface area (Å²) in [6.45, 7) is 4.59. The molecule has 5 heteroatoms. The van der Waals surface area contributed by atoms with Gasteiger partial charge in [-0.3, -0.25) is 9.69 Å². The van der Waals surface area contributed by atoms with E-state index in [0.717, 1.165) is 23.3 Å². The Labute approximate surface area is 147 Å². The lowest BCUT2D eigenvalue weighted by Gasteiger charge is -2.27. The third kappa shape index (κ3) is 3.66. The van der Waals surface area contributed by atoms with Crippen molar-refractivity contribution in [1.82, 2.24) is 4.90 Å². The highest BCUT2D eigenvalue weighted by molar-refractivity contribution is 5.81. The summed E-state index contributed by atoms with van der Waals surface area (Å²) in [6, 6.07) is 11.3. The highest BCUT2D eigenvalue weighted by Gasteiger charge is 2.32. The van der Waals surface area contributed by atoms with Crippen molar-refractivity contribution >= 4 is 5.91 Å². The van der Waals surface area contributed by atoms with Crippen molar-refractivity contribution in [3.05, 3.63) is 65.0 Å². The number of hydrogen-bond donors (Lipinski definition) is 1. The lowest BCUT2D eigenvalue weighted by Crippen LogP contribution is -2.35. The first-order valence-corrected chi connectivity index (χ1v) is 8.32. The van der Waals surface area contributed by atoms with E-state index in [0.29, 0.717) is 12.1 Å². The molecule has 25 heavy (non-hydrogen) atoms. The van der Waals surface area contributed by atoms with Gasteiger partial charge in [0.25, 0.3) is 0 Å². The van der Waals surface area contributed by atoms with E-state index in [1.807, 2.05) is 17.0 Å². The van der Waals surface area contributed by atoms with Gasteiger partial charge >= 0.3 is 0 Å². The second-order valence-electron chi connectivity index (χ2n) is 7.22. The zero-order valence-electron chi connectivity index (χ0n) is 14.8. The van der Waals surface area contributed by atoms with Gasteiger partial charge in [-0.05, 0) is 44.2 Å². The first-order chi connectivity index (χ1) is 11.8. The minimum Gasteiger partial charge on any atom is -0.487 e. The number of halogens is 1. The third-order valence-corrected chi connectivity index (χ3v) is 4.47. The van der Waals surface area contributed by atoms with Gasteiger partial charge in [-0.1, -0.05) is 30.3 Å². The summed E-state index contributed by atoms with van der Waals surface area (Å²) < 4.78 is 19.6. The Hall–Kier alpha value is -2.40. The number of carbonyl (C=O) groups excluding carboxylic acids is 1. The molecule has 0 unspecified atom stereocenters. The van der Waals surface area contributed by atoms with Crippen LogP contribution in [0.25, 0.3) is 0 Å². The number of rotatable bonds is 5. The molecule has 0 bridgehead atoms. The van der Waals surface area contributed by atoms with Crippen LogP contribution < -0.4 is 10.5 Å². The Kier molecular flexibility index (Phi) is 4.52. The van der Waals surface area contributed by atoms with Crippen LogP contribution >= 0.6 is 0 Å². The van der Waals surface area contributed by atoms with Gasteiger partial charge in [0.15, 0.2) is 0 Å². The van der Waals surface area contributed by atoms with E-state index in [-0.39, 0.29) is 11.4 Å². The first-order valence-electron chi connectivity index (χ1n) is 8.32. The number of nitrogens with zero attached hydrogens (tertiary/aromatic N) is 1. The van der Waals surface area contributed by atoms with Crippen molar-refractivity contribution in [3.8, 4) is 5.75 Å².